The lowest BCUT2D eigenvalue weighted by Gasteiger charge is -2.15. The largest absolute Gasteiger partial charge is 0.407 e. The highest BCUT2D eigenvalue weighted by atomic mass is 16.7. The molecule has 1 heterocycles. The summed E-state index contributed by atoms with van der Waals surface area (Å²) in [5.74, 6) is 0.781. The van der Waals surface area contributed by atoms with Gasteiger partial charge in [-0.15, -0.1) is 0 Å². The molecule has 20 heavy (non-hydrogen) atoms. The van der Waals surface area contributed by atoms with E-state index in [1.807, 2.05) is 53.1 Å². The van der Waals surface area contributed by atoms with Crippen molar-refractivity contribution in [2.24, 2.45) is 0 Å². The van der Waals surface area contributed by atoms with Gasteiger partial charge in [0.15, 0.2) is 0 Å². The van der Waals surface area contributed by atoms with Crippen molar-refractivity contribution in [3.05, 3.63) is 45.6 Å². The molecule has 0 fully saturated rings. The number of nitrogens with one attached hydrogen (secondary N) is 1. The van der Waals surface area contributed by atoms with Crippen molar-refractivity contribution in [1.82, 2.24) is 15.0 Å². The molecular formula is C15H19N3O2. The molecule has 0 unspecified atom stereocenters. The van der Waals surface area contributed by atoms with Crippen LogP contribution in [0.25, 0.3) is 11.1 Å². The highest BCUT2D eigenvalue weighted by Gasteiger charge is 2.12. The maximum absolute atomic E-state index is 11.4. The Bertz CT molecular complexity index is 664. The molecule has 1 aromatic heterocycles. The topological polar surface area (TPSA) is 58.2 Å². The maximum Gasteiger partial charge on any atom is 0.345 e. The Morgan fingerprint density at radius 2 is 1.90 bits per heavy atom. The molecule has 0 saturated heterocycles. The normalized spacial score (nSPS) is 10.9. The summed E-state index contributed by atoms with van der Waals surface area (Å²) in [7, 11) is 3.67. The average Bonchev–Trinajstić information content (AvgIpc) is 2.29. The number of hydroxylamine groups is 2. The predicted octanol–water partition coefficient (Wildman–Crippen LogP) is 2.22. The van der Waals surface area contributed by atoms with Crippen molar-refractivity contribution in [2.45, 2.75) is 20.8 Å². The van der Waals surface area contributed by atoms with Crippen LogP contribution in [-0.4, -0.2) is 29.1 Å². The fourth-order valence-electron chi connectivity index (χ4n) is 2.31. The van der Waals surface area contributed by atoms with Gasteiger partial charge in [0.25, 0.3) is 0 Å². The number of H-pyrrole nitrogens is 1. The SMILES string of the molecule is Cc1cc(ON(C)C)ccc1-c1c(C)nc(=O)[nH]c1C. The maximum atomic E-state index is 11.4. The summed E-state index contributed by atoms with van der Waals surface area (Å²) in [4.78, 5) is 23.6. The van der Waals surface area contributed by atoms with Crippen LogP contribution in [0.3, 0.4) is 0 Å². The minimum absolute atomic E-state index is 0.311. The van der Waals surface area contributed by atoms with E-state index in [-0.39, 0.29) is 5.69 Å². The summed E-state index contributed by atoms with van der Waals surface area (Å²) in [6.45, 7) is 5.75. The van der Waals surface area contributed by atoms with E-state index in [0.717, 1.165) is 33.8 Å². The van der Waals surface area contributed by atoms with Crippen LogP contribution in [0.2, 0.25) is 0 Å². The molecule has 1 aromatic carbocycles. The monoisotopic (exact) mass is 273 g/mol. The van der Waals surface area contributed by atoms with E-state index in [9.17, 15) is 4.79 Å². The molecule has 2 rings (SSSR count). The molecule has 5 nitrogen and oxygen atoms in total. The number of aromatic amines is 1. The molecule has 0 atom stereocenters. The second-order valence-corrected chi connectivity index (χ2v) is 5.01. The van der Waals surface area contributed by atoms with Gasteiger partial charge in [0.1, 0.15) is 5.75 Å². The van der Waals surface area contributed by atoms with Crippen molar-refractivity contribution in [2.75, 3.05) is 14.1 Å². The van der Waals surface area contributed by atoms with Crippen molar-refractivity contribution < 1.29 is 4.84 Å². The van der Waals surface area contributed by atoms with E-state index in [2.05, 4.69) is 9.97 Å². The first-order valence-electron chi connectivity index (χ1n) is 6.42. The average molecular weight is 273 g/mol. The number of aryl methyl sites for hydroxylation is 3. The van der Waals surface area contributed by atoms with Crippen molar-refractivity contribution in [3.63, 3.8) is 0 Å². The van der Waals surface area contributed by atoms with Crippen molar-refractivity contribution in [3.8, 4) is 16.9 Å². The first kappa shape index (κ1) is 14.3. The first-order valence-corrected chi connectivity index (χ1v) is 6.42. The Morgan fingerprint density at radius 3 is 2.45 bits per heavy atom. The molecule has 0 aliphatic carbocycles. The molecule has 5 heteroatoms. The third-order valence-electron chi connectivity index (χ3n) is 3.06. The highest BCUT2D eigenvalue weighted by molar-refractivity contribution is 5.71. The van der Waals surface area contributed by atoms with Gasteiger partial charge in [0, 0.05) is 25.4 Å². The van der Waals surface area contributed by atoms with Crippen LogP contribution < -0.4 is 10.5 Å². The standard InChI is InChI=1S/C15H19N3O2/c1-9-8-12(20-18(4)5)6-7-13(9)14-10(2)16-15(19)17-11(14)3/h6-8H,1-5H3,(H,16,17,19). The van der Waals surface area contributed by atoms with Crippen molar-refractivity contribution in [1.29, 1.82) is 0 Å². The molecule has 106 valence electrons. The van der Waals surface area contributed by atoms with Gasteiger partial charge >= 0.3 is 5.69 Å². The molecule has 0 saturated carbocycles. The molecule has 0 aliphatic heterocycles. The van der Waals surface area contributed by atoms with Gasteiger partial charge < -0.3 is 9.82 Å². The van der Waals surface area contributed by atoms with Crippen LogP contribution in [0, 0.1) is 20.8 Å². The zero-order chi connectivity index (χ0) is 14.9. The molecule has 0 radical (unpaired) electrons. The van der Waals surface area contributed by atoms with Crippen LogP contribution in [0.1, 0.15) is 17.0 Å². The van der Waals surface area contributed by atoms with Crippen LogP contribution in [0.5, 0.6) is 5.75 Å². The Labute approximate surface area is 118 Å². The van der Waals surface area contributed by atoms with Crippen molar-refractivity contribution >= 4 is 0 Å². The van der Waals surface area contributed by atoms with Gasteiger partial charge in [-0.1, -0.05) is 6.07 Å². The smallest absolute Gasteiger partial charge is 0.345 e. The van der Waals surface area contributed by atoms with E-state index in [1.165, 1.54) is 0 Å². The second kappa shape index (κ2) is 5.46. The molecular weight excluding hydrogens is 254 g/mol. The summed E-state index contributed by atoms with van der Waals surface area (Å²) >= 11 is 0. The van der Waals surface area contributed by atoms with Crippen LogP contribution in [0.15, 0.2) is 23.0 Å². The zero-order valence-electron chi connectivity index (χ0n) is 12.4. The predicted molar refractivity (Wildman–Crippen MR) is 78.8 cm³/mol. The molecule has 0 bridgehead atoms. The Hall–Kier alpha value is -2.14. The third-order valence-corrected chi connectivity index (χ3v) is 3.06. The third kappa shape index (κ3) is 2.88. The number of rotatable bonds is 3. The number of nitrogens with zero attached hydrogens (tertiary/aromatic N) is 2. The van der Waals surface area contributed by atoms with Crippen LogP contribution in [0.4, 0.5) is 0 Å². The van der Waals surface area contributed by atoms with E-state index < -0.39 is 0 Å². The quantitative estimate of drug-likeness (QED) is 0.871. The second-order valence-electron chi connectivity index (χ2n) is 5.01. The van der Waals surface area contributed by atoms with E-state index in [1.54, 1.807) is 5.06 Å². The Morgan fingerprint density at radius 1 is 1.20 bits per heavy atom. The van der Waals surface area contributed by atoms with Gasteiger partial charge in [-0.25, -0.2) is 4.79 Å². The summed E-state index contributed by atoms with van der Waals surface area (Å²) in [6.07, 6.45) is 0. The molecule has 1 N–H and O–H groups in total. The van der Waals surface area contributed by atoms with E-state index >= 15 is 0 Å². The summed E-state index contributed by atoms with van der Waals surface area (Å²) < 4.78 is 0. The molecule has 0 spiro atoms. The number of hydrogen-bond donors (Lipinski definition) is 1. The lowest BCUT2D eigenvalue weighted by atomic mass is 9.98. The zero-order valence-corrected chi connectivity index (χ0v) is 12.4. The minimum Gasteiger partial charge on any atom is -0.407 e. The van der Waals surface area contributed by atoms with Gasteiger partial charge in [-0.3, -0.25) is 0 Å². The van der Waals surface area contributed by atoms with E-state index in [4.69, 9.17) is 4.84 Å². The highest BCUT2D eigenvalue weighted by Crippen LogP contribution is 2.29. The van der Waals surface area contributed by atoms with E-state index in [0.29, 0.717) is 0 Å². The Balaban J connectivity index is 2.52. The lowest BCUT2D eigenvalue weighted by Crippen LogP contribution is -2.16. The number of hydrogen-bond acceptors (Lipinski definition) is 4. The molecule has 0 amide bonds. The van der Waals surface area contributed by atoms with Gasteiger partial charge in [0.05, 0.1) is 5.69 Å². The summed E-state index contributed by atoms with van der Waals surface area (Å²) in [6, 6.07) is 5.87. The van der Waals surface area contributed by atoms with Gasteiger partial charge in [0.2, 0.25) is 0 Å². The Kier molecular flexibility index (Phi) is 3.90. The molecule has 0 aliphatic rings. The lowest BCUT2D eigenvalue weighted by molar-refractivity contribution is -0.00329. The summed E-state index contributed by atoms with van der Waals surface area (Å²) in [5, 5.41) is 1.65. The van der Waals surface area contributed by atoms with Crippen LogP contribution in [-0.2, 0) is 0 Å². The van der Waals surface area contributed by atoms with Gasteiger partial charge in [-0.2, -0.15) is 10.0 Å². The fourth-order valence-corrected chi connectivity index (χ4v) is 2.31. The number of benzene rings is 1. The number of aromatic nitrogens is 2. The minimum atomic E-state index is -0.311. The molecule has 2 aromatic rings. The fraction of sp³-hybridized carbons (Fsp3) is 0.333. The first-order chi connectivity index (χ1) is 9.38. The van der Waals surface area contributed by atoms with Crippen LogP contribution >= 0.6 is 0 Å². The van der Waals surface area contributed by atoms with Gasteiger partial charge in [-0.05, 0) is 44.0 Å². The summed E-state index contributed by atoms with van der Waals surface area (Å²) in [5.41, 5.74) is 4.34.